The molecular weight excluding hydrogens is 292 g/mol. The molecule has 1 aromatic carbocycles. The van der Waals surface area contributed by atoms with Gasteiger partial charge in [0.25, 0.3) is 0 Å². The predicted molar refractivity (Wildman–Crippen MR) is 79.6 cm³/mol. The summed E-state index contributed by atoms with van der Waals surface area (Å²) in [7, 11) is -2.32. The highest BCUT2D eigenvalue weighted by molar-refractivity contribution is 7.89. The molecule has 1 atom stereocenters. The summed E-state index contributed by atoms with van der Waals surface area (Å²) in [5.41, 5.74) is 1.55. The first-order valence-electron chi connectivity index (χ1n) is 6.46. The fraction of sp³-hybridized carbons (Fsp3) is 0.357. The average molecular weight is 310 g/mol. The van der Waals surface area contributed by atoms with Gasteiger partial charge < -0.3 is 9.84 Å². The Bertz CT molecular complexity index is 731. The van der Waals surface area contributed by atoms with Gasteiger partial charge in [0.2, 0.25) is 10.0 Å². The summed E-state index contributed by atoms with van der Waals surface area (Å²) >= 11 is 0. The van der Waals surface area contributed by atoms with Gasteiger partial charge in [-0.05, 0) is 30.7 Å². The Morgan fingerprint density at radius 2 is 2.14 bits per heavy atom. The second-order valence-corrected chi connectivity index (χ2v) is 6.42. The van der Waals surface area contributed by atoms with E-state index < -0.39 is 16.1 Å². The van der Waals surface area contributed by atoms with Crippen molar-refractivity contribution < 1.29 is 18.3 Å². The Morgan fingerprint density at radius 3 is 2.81 bits per heavy atom. The number of aryl methyl sites for hydroxylation is 1. The van der Waals surface area contributed by atoms with Crippen molar-refractivity contribution in [1.29, 1.82) is 0 Å². The molecule has 2 rings (SSSR count). The van der Waals surface area contributed by atoms with Gasteiger partial charge in [-0.15, -0.1) is 0 Å². The van der Waals surface area contributed by atoms with Crippen molar-refractivity contribution in [2.75, 3.05) is 20.3 Å². The molecule has 0 saturated carbocycles. The molecule has 1 unspecified atom stereocenters. The number of aliphatic hydroxyl groups is 1. The predicted octanol–water partition coefficient (Wildman–Crippen LogP) is 0.829. The lowest BCUT2D eigenvalue weighted by molar-refractivity contribution is 0.139. The molecule has 21 heavy (non-hydrogen) atoms. The smallest absolute Gasteiger partial charge is 0.241 e. The van der Waals surface area contributed by atoms with Crippen LogP contribution in [0.4, 0.5) is 0 Å². The van der Waals surface area contributed by atoms with Gasteiger partial charge in [-0.2, -0.15) is 0 Å². The zero-order chi connectivity index (χ0) is 15.5. The summed E-state index contributed by atoms with van der Waals surface area (Å²) in [5.74, 6) is 0. The fourth-order valence-electron chi connectivity index (χ4n) is 2.13. The Morgan fingerprint density at radius 1 is 1.38 bits per heavy atom. The lowest BCUT2D eigenvalue weighted by Crippen LogP contribution is -2.40. The van der Waals surface area contributed by atoms with Gasteiger partial charge in [0, 0.05) is 18.7 Å². The number of aromatic nitrogens is 1. The standard InChI is InChI=1S/C14H18N2O4S/c1-10-5-6-13(12-4-3-7-15-14(10)12)21(18,19)16-11(8-17)9-20-2/h3-7,11,16-17H,8-9H2,1-2H3. The highest BCUT2D eigenvalue weighted by Crippen LogP contribution is 2.24. The van der Waals surface area contributed by atoms with Crippen LogP contribution in [0.3, 0.4) is 0 Å². The summed E-state index contributed by atoms with van der Waals surface area (Å²) in [4.78, 5) is 4.37. The average Bonchev–Trinajstić information content (AvgIpc) is 2.47. The summed E-state index contributed by atoms with van der Waals surface area (Å²) in [6.45, 7) is 1.63. The van der Waals surface area contributed by atoms with E-state index in [1.54, 1.807) is 30.5 Å². The number of methoxy groups -OCH3 is 1. The van der Waals surface area contributed by atoms with Gasteiger partial charge in [0.15, 0.2) is 0 Å². The van der Waals surface area contributed by atoms with Crippen molar-refractivity contribution in [3.63, 3.8) is 0 Å². The van der Waals surface area contributed by atoms with E-state index in [0.29, 0.717) is 10.9 Å². The van der Waals surface area contributed by atoms with Crippen LogP contribution in [0.5, 0.6) is 0 Å². The maximum Gasteiger partial charge on any atom is 0.241 e. The van der Waals surface area contributed by atoms with Gasteiger partial charge in [0.1, 0.15) is 0 Å². The van der Waals surface area contributed by atoms with E-state index in [2.05, 4.69) is 9.71 Å². The van der Waals surface area contributed by atoms with Crippen LogP contribution in [0.2, 0.25) is 0 Å². The van der Waals surface area contributed by atoms with Crippen LogP contribution in [0.15, 0.2) is 35.4 Å². The molecule has 0 spiro atoms. The molecule has 0 radical (unpaired) electrons. The number of hydrogen-bond acceptors (Lipinski definition) is 5. The van der Waals surface area contributed by atoms with Crippen molar-refractivity contribution in [2.45, 2.75) is 17.9 Å². The maximum absolute atomic E-state index is 12.5. The SMILES string of the molecule is COCC(CO)NS(=O)(=O)c1ccc(C)c2ncccc12. The number of hydrogen-bond donors (Lipinski definition) is 2. The molecule has 0 amide bonds. The lowest BCUT2D eigenvalue weighted by atomic mass is 10.1. The number of aliphatic hydroxyl groups excluding tert-OH is 1. The zero-order valence-electron chi connectivity index (χ0n) is 11.9. The number of nitrogens with one attached hydrogen (secondary N) is 1. The van der Waals surface area contributed by atoms with Crippen LogP contribution in [0, 0.1) is 6.92 Å². The lowest BCUT2D eigenvalue weighted by Gasteiger charge is -2.16. The largest absolute Gasteiger partial charge is 0.395 e. The molecule has 114 valence electrons. The highest BCUT2D eigenvalue weighted by atomic mass is 32.2. The molecule has 7 heteroatoms. The Labute approximate surface area is 123 Å². The number of benzene rings is 1. The number of nitrogens with zero attached hydrogens (tertiary/aromatic N) is 1. The van der Waals surface area contributed by atoms with Crippen molar-refractivity contribution in [3.8, 4) is 0 Å². The van der Waals surface area contributed by atoms with E-state index in [0.717, 1.165) is 5.56 Å². The van der Waals surface area contributed by atoms with E-state index in [4.69, 9.17) is 4.74 Å². The number of fused-ring (bicyclic) bond motifs is 1. The van der Waals surface area contributed by atoms with Gasteiger partial charge in [-0.1, -0.05) is 6.07 Å². The topological polar surface area (TPSA) is 88.5 Å². The van der Waals surface area contributed by atoms with Gasteiger partial charge in [-0.3, -0.25) is 4.98 Å². The summed E-state index contributed by atoms with van der Waals surface area (Å²) in [6.07, 6.45) is 1.63. The number of rotatable bonds is 6. The summed E-state index contributed by atoms with van der Waals surface area (Å²) in [5, 5.41) is 9.76. The summed E-state index contributed by atoms with van der Waals surface area (Å²) in [6, 6.07) is 5.98. The molecule has 0 saturated heterocycles. The molecule has 0 aliphatic rings. The molecule has 0 aliphatic heterocycles. The first-order valence-corrected chi connectivity index (χ1v) is 7.94. The molecule has 0 aliphatic carbocycles. The molecule has 2 aromatic rings. The van der Waals surface area contributed by atoms with Crippen LogP contribution >= 0.6 is 0 Å². The maximum atomic E-state index is 12.5. The molecule has 0 fully saturated rings. The molecule has 1 heterocycles. The van der Waals surface area contributed by atoms with Crippen LogP contribution in [0.25, 0.3) is 10.9 Å². The minimum Gasteiger partial charge on any atom is -0.395 e. The molecule has 1 aromatic heterocycles. The monoisotopic (exact) mass is 310 g/mol. The number of pyridine rings is 1. The Balaban J connectivity index is 2.48. The molecule has 0 bridgehead atoms. The zero-order valence-corrected chi connectivity index (χ0v) is 12.7. The Hall–Kier alpha value is -1.54. The van der Waals surface area contributed by atoms with Crippen molar-refractivity contribution in [2.24, 2.45) is 0 Å². The summed E-state index contributed by atoms with van der Waals surface area (Å²) < 4.78 is 32.3. The van der Waals surface area contributed by atoms with Gasteiger partial charge in [-0.25, -0.2) is 13.1 Å². The normalized spacial score (nSPS) is 13.5. The molecule has 2 N–H and O–H groups in total. The van der Waals surface area contributed by atoms with E-state index in [-0.39, 0.29) is 18.1 Å². The third-order valence-electron chi connectivity index (χ3n) is 3.13. The third-order valence-corrected chi connectivity index (χ3v) is 4.71. The molecule has 6 nitrogen and oxygen atoms in total. The van der Waals surface area contributed by atoms with Crippen LogP contribution in [0.1, 0.15) is 5.56 Å². The van der Waals surface area contributed by atoms with Crippen molar-refractivity contribution in [3.05, 3.63) is 36.0 Å². The second-order valence-electron chi connectivity index (χ2n) is 4.74. The van der Waals surface area contributed by atoms with E-state index >= 15 is 0 Å². The second kappa shape index (κ2) is 6.48. The first kappa shape index (κ1) is 15.8. The minimum atomic E-state index is -3.77. The quantitative estimate of drug-likeness (QED) is 0.825. The highest BCUT2D eigenvalue weighted by Gasteiger charge is 2.22. The van der Waals surface area contributed by atoms with E-state index in [1.165, 1.54) is 7.11 Å². The Kier molecular flexibility index (Phi) is 4.89. The number of ether oxygens (including phenoxy) is 1. The van der Waals surface area contributed by atoms with Crippen molar-refractivity contribution >= 4 is 20.9 Å². The first-order chi connectivity index (χ1) is 9.99. The van der Waals surface area contributed by atoms with Crippen LogP contribution in [-0.4, -0.2) is 44.9 Å². The third kappa shape index (κ3) is 3.38. The van der Waals surface area contributed by atoms with Crippen LogP contribution in [-0.2, 0) is 14.8 Å². The van der Waals surface area contributed by atoms with Gasteiger partial charge >= 0.3 is 0 Å². The fourth-order valence-corrected chi connectivity index (χ4v) is 3.54. The minimum absolute atomic E-state index is 0.0950. The van der Waals surface area contributed by atoms with Gasteiger partial charge in [0.05, 0.1) is 29.7 Å². The van der Waals surface area contributed by atoms with E-state index in [1.807, 2.05) is 6.92 Å². The van der Waals surface area contributed by atoms with E-state index in [9.17, 15) is 13.5 Å². The van der Waals surface area contributed by atoms with Crippen LogP contribution < -0.4 is 4.72 Å². The number of sulfonamides is 1. The van der Waals surface area contributed by atoms with Crippen molar-refractivity contribution in [1.82, 2.24) is 9.71 Å². The molecular formula is C14H18N2O4S.